The van der Waals surface area contributed by atoms with E-state index in [1.54, 1.807) is 6.92 Å². The third-order valence-electron chi connectivity index (χ3n) is 11.0. The number of hydrogen-bond acceptors (Lipinski definition) is 10. The van der Waals surface area contributed by atoms with Gasteiger partial charge in [0, 0.05) is 36.7 Å². The third kappa shape index (κ3) is 8.20. The molecule has 292 valence electrons. The number of sulfone groups is 1. The van der Waals surface area contributed by atoms with Crippen LogP contribution in [0.5, 0.6) is 0 Å². The molecule has 3 aliphatic rings. The van der Waals surface area contributed by atoms with Crippen LogP contribution in [0.2, 0.25) is 0 Å². The smallest absolute Gasteiger partial charge is 0.407 e. The van der Waals surface area contributed by atoms with Gasteiger partial charge in [-0.2, -0.15) is 5.26 Å². The van der Waals surface area contributed by atoms with Crippen molar-refractivity contribution in [3.63, 3.8) is 0 Å². The third-order valence-corrected chi connectivity index (χ3v) is 12.7. The van der Waals surface area contributed by atoms with Crippen molar-refractivity contribution in [3.05, 3.63) is 63.5 Å². The highest BCUT2D eigenvalue weighted by molar-refractivity contribution is 7.91. The number of anilines is 1. The molecular weight excluding hydrogens is 730 g/mol. The molecule has 0 aliphatic carbocycles. The SMILES string of the molecule is C[C@@H](Nc1ncnc2c1cc(C1(C#N)CCS(=O)(=O)CC1)c(=O)n2CCCCCCC1OCCO1)c1cccc(C(F)(F)C2CCN(C(=O)O)CC2)c1F. The highest BCUT2D eigenvalue weighted by Gasteiger charge is 2.46. The second kappa shape index (κ2) is 16.2. The van der Waals surface area contributed by atoms with Crippen molar-refractivity contribution in [2.75, 3.05) is 43.1 Å². The Hall–Kier alpha value is -4.27. The second-order valence-electron chi connectivity index (χ2n) is 14.4. The Morgan fingerprint density at radius 2 is 1.81 bits per heavy atom. The number of nitrogens with one attached hydrogen (secondary N) is 1. The summed E-state index contributed by atoms with van der Waals surface area (Å²) >= 11 is 0. The van der Waals surface area contributed by atoms with Crippen LogP contribution in [0, 0.1) is 23.1 Å². The van der Waals surface area contributed by atoms with Gasteiger partial charge in [-0.3, -0.25) is 9.36 Å². The molecule has 2 aromatic heterocycles. The number of nitrogens with zero attached hydrogens (tertiary/aromatic N) is 5. The molecule has 54 heavy (non-hydrogen) atoms. The molecule has 0 spiro atoms. The van der Waals surface area contributed by atoms with Crippen LogP contribution < -0.4 is 10.9 Å². The number of carbonyl (C=O) groups is 1. The summed E-state index contributed by atoms with van der Waals surface area (Å²) in [4.78, 5) is 35.4. The zero-order valence-electron chi connectivity index (χ0n) is 30.1. The van der Waals surface area contributed by atoms with Crippen LogP contribution in [0.25, 0.3) is 11.0 Å². The number of nitriles is 1. The van der Waals surface area contributed by atoms with Crippen LogP contribution in [0.15, 0.2) is 35.4 Å². The number of halogens is 3. The van der Waals surface area contributed by atoms with Crippen LogP contribution in [0.3, 0.4) is 0 Å². The number of hydrogen-bond donors (Lipinski definition) is 2. The Bertz CT molecular complexity index is 2050. The summed E-state index contributed by atoms with van der Waals surface area (Å²) in [5.41, 5.74) is -2.30. The molecule has 3 aromatic rings. The molecule has 3 aliphatic heterocycles. The topological polar surface area (TPSA) is 177 Å². The van der Waals surface area contributed by atoms with Crippen LogP contribution in [-0.2, 0) is 37.2 Å². The van der Waals surface area contributed by atoms with E-state index in [0.717, 1.165) is 36.6 Å². The Morgan fingerprint density at radius 1 is 1.13 bits per heavy atom. The number of unbranched alkanes of at least 4 members (excludes halogenated alkanes) is 3. The molecule has 3 saturated heterocycles. The molecule has 3 fully saturated rings. The van der Waals surface area contributed by atoms with Crippen molar-refractivity contribution in [2.45, 2.75) is 94.9 Å². The molecule has 0 saturated carbocycles. The number of carboxylic acid groups (broad SMARTS) is 1. The van der Waals surface area contributed by atoms with E-state index in [9.17, 15) is 28.4 Å². The standard InChI is InChI=1S/C37H45F3N6O7S/c1-24(26-7-6-8-28(31(26)38)37(39,40)25-10-15-45(16-11-25)35(48)49)44-32-27-21-29(36(22-41)12-19-54(50,51)20-13-36)34(47)46(33(27)43-23-42-32)14-5-3-2-4-9-30-52-17-18-53-30/h6-8,21,23-25,30H,2-5,9-20H2,1H3,(H,48,49)(H,42,43,44)/t24-/m1/s1. The molecule has 1 aromatic carbocycles. The van der Waals surface area contributed by atoms with Gasteiger partial charge >= 0.3 is 6.09 Å². The highest BCUT2D eigenvalue weighted by Crippen LogP contribution is 2.44. The zero-order chi connectivity index (χ0) is 38.7. The first-order valence-electron chi connectivity index (χ1n) is 18.4. The van der Waals surface area contributed by atoms with E-state index >= 15 is 13.2 Å². The first kappa shape index (κ1) is 39.4. The largest absolute Gasteiger partial charge is 0.465 e. The average Bonchev–Trinajstić information content (AvgIpc) is 3.68. The molecule has 17 heteroatoms. The predicted molar refractivity (Wildman–Crippen MR) is 192 cm³/mol. The quantitative estimate of drug-likeness (QED) is 0.198. The van der Waals surface area contributed by atoms with Crippen molar-refractivity contribution in [2.24, 2.45) is 5.92 Å². The fraction of sp³-hybridized carbons (Fsp3) is 0.595. The van der Waals surface area contributed by atoms with Gasteiger partial charge in [-0.25, -0.2) is 36.4 Å². The van der Waals surface area contributed by atoms with E-state index in [0.29, 0.717) is 25.0 Å². The molecule has 2 N–H and O–H groups in total. The van der Waals surface area contributed by atoms with E-state index < -0.39 is 56.2 Å². The summed E-state index contributed by atoms with van der Waals surface area (Å²) in [7, 11) is -3.38. The maximum atomic E-state index is 16.1. The van der Waals surface area contributed by atoms with Gasteiger partial charge in [-0.1, -0.05) is 31.0 Å². The first-order chi connectivity index (χ1) is 25.8. The van der Waals surface area contributed by atoms with Gasteiger partial charge < -0.3 is 24.8 Å². The number of alkyl halides is 2. The monoisotopic (exact) mass is 774 g/mol. The normalized spacial score (nSPS) is 19.8. The van der Waals surface area contributed by atoms with E-state index in [1.807, 2.05) is 0 Å². The van der Waals surface area contributed by atoms with Gasteiger partial charge in [0.1, 0.15) is 33.4 Å². The van der Waals surface area contributed by atoms with Crippen LogP contribution >= 0.6 is 0 Å². The number of piperidine rings is 1. The Balaban J connectivity index is 1.30. The van der Waals surface area contributed by atoms with Gasteiger partial charge in [-0.05, 0) is 57.9 Å². The van der Waals surface area contributed by atoms with E-state index in [1.165, 1.54) is 29.1 Å². The number of likely N-dealkylation sites (tertiary alicyclic amines) is 1. The zero-order valence-corrected chi connectivity index (χ0v) is 30.9. The van der Waals surface area contributed by atoms with E-state index in [4.69, 9.17) is 9.47 Å². The Labute approximate surface area is 311 Å². The minimum absolute atomic E-state index is 0.0603. The summed E-state index contributed by atoms with van der Waals surface area (Å²) < 4.78 is 85.0. The molecule has 13 nitrogen and oxygen atoms in total. The van der Waals surface area contributed by atoms with Gasteiger partial charge in [0.15, 0.2) is 6.29 Å². The maximum Gasteiger partial charge on any atom is 0.407 e. The van der Waals surface area contributed by atoms with Crippen LogP contribution in [0.4, 0.5) is 23.8 Å². The number of aromatic nitrogens is 3. The molecular formula is C37H45F3N6O7S. The molecule has 0 unspecified atom stereocenters. The number of ether oxygens (including phenoxy) is 2. The number of pyridine rings is 1. The Morgan fingerprint density at radius 3 is 2.48 bits per heavy atom. The fourth-order valence-corrected chi connectivity index (χ4v) is 9.28. The van der Waals surface area contributed by atoms with Gasteiger partial charge in [0.2, 0.25) is 0 Å². The molecule has 0 radical (unpaired) electrons. The maximum absolute atomic E-state index is 16.1. The van der Waals surface area contributed by atoms with Gasteiger partial charge in [0.05, 0.1) is 53.2 Å². The van der Waals surface area contributed by atoms with E-state index in [2.05, 4.69) is 21.4 Å². The summed E-state index contributed by atoms with van der Waals surface area (Å²) in [5, 5.41) is 23.1. The molecule has 1 amide bonds. The van der Waals surface area contributed by atoms with Gasteiger partial charge in [0.25, 0.3) is 11.5 Å². The van der Waals surface area contributed by atoms with Crippen molar-refractivity contribution in [1.29, 1.82) is 5.26 Å². The van der Waals surface area contributed by atoms with Crippen molar-refractivity contribution in [1.82, 2.24) is 19.4 Å². The van der Waals surface area contributed by atoms with Crippen molar-refractivity contribution >= 4 is 32.8 Å². The lowest BCUT2D eigenvalue weighted by Gasteiger charge is -2.35. The number of aryl methyl sites for hydroxylation is 1. The summed E-state index contributed by atoms with van der Waals surface area (Å²) in [5.74, 6) is -6.24. The predicted octanol–water partition coefficient (Wildman–Crippen LogP) is 5.88. The second-order valence-corrected chi connectivity index (χ2v) is 16.7. The summed E-state index contributed by atoms with van der Waals surface area (Å²) in [6.45, 7) is 2.86. The van der Waals surface area contributed by atoms with Gasteiger partial charge in [-0.15, -0.1) is 0 Å². The van der Waals surface area contributed by atoms with Crippen molar-refractivity contribution < 1.29 is 41.0 Å². The summed E-state index contributed by atoms with van der Waals surface area (Å²) in [6.07, 6.45) is 3.37. The summed E-state index contributed by atoms with van der Waals surface area (Å²) in [6, 6.07) is 6.63. The van der Waals surface area contributed by atoms with Crippen LogP contribution in [0.1, 0.15) is 87.4 Å². The minimum Gasteiger partial charge on any atom is -0.465 e. The number of benzene rings is 1. The highest BCUT2D eigenvalue weighted by atomic mass is 32.2. The first-order valence-corrected chi connectivity index (χ1v) is 20.2. The molecule has 1 atom stereocenters. The lowest BCUT2D eigenvalue weighted by atomic mass is 9.77. The van der Waals surface area contributed by atoms with E-state index in [-0.39, 0.29) is 85.7 Å². The fourth-order valence-electron chi connectivity index (χ4n) is 7.76. The molecule has 6 rings (SSSR count). The Kier molecular flexibility index (Phi) is 11.8. The number of amides is 1. The minimum atomic E-state index is -3.56. The molecule has 0 bridgehead atoms. The van der Waals surface area contributed by atoms with Crippen LogP contribution in [-0.4, -0.2) is 83.2 Å². The number of rotatable bonds is 13. The lowest BCUT2D eigenvalue weighted by Crippen LogP contribution is -2.42. The lowest BCUT2D eigenvalue weighted by molar-refractivity contribution is -0.0861. The average molecular weight is 775 g/mol. The van der Waals surface area contributed by atoms with Crippen molar-refractivity contribution in [3.8, 4) is 6.07 Å². The molecule has 5 heterocycles. The number of fused-ring (bicyclic) bond motifs is 1.